The number of carbonyl (C=O) groups excluding carboxylic acids is 2. The summed E-state index contributed by atoms with van der Waals surface area (Å²) in [5, 5.41) is 13.2. The van der Waals surface area contributed by atoms with E-state index in [9.17, 15) is 14.7 Å². The Bertz CT molecular complexity index is 1050. The van der Waals surface area contributed by atoms with E-state index in [1.165, 1.54) is 7.11 Å². The van der Waals surface area contributed by atoms with Gasteiger partial charge in [-0.3, -0.25) is 4.79 Å². The molecule has 1 aliphatic carbocycles. The molecule has 144 valence electrons. The van der Waals surface area contributed by atoms with Gasteiger partial charge < -0.3 is 20.1 Å². The molecule has 1 fully saturated rings. The van der Waals surface area contributed by atoms with Crippen molar-refractivity contribution in [2.45, 2.75) is 12.8 Å². The van der Waals surface area contributed by atoms with Crippen LogP contribution in [0.2, 0.25) is 0 Å². The Hall–Kier alpha value is -3.12. The molecule has 0 unspecified atom stereocenters. The van der Waals surface area contributed by atoms with Crippen LogP contribution < -0.4 is 5.32 Å². The molecule has 6 heteroatoms. The molecule has 3 aromatic rings. The van der Waals surface area contributed by atoms with Gasteiger partial charge in [-0.05, 0) is 48.2 Å². The highest BCUT2D eigenvalue weighted by molar-refractivity contribution is 5.97. The molecular weight excluding hydrogens is 356 g/mol. The summed E-state index contributed by atoms with van der Waals surface area (Å²) >= 11 is 0. The van der Waals surface area contributed by atoms with E-state index in [0.717, 1.165) is 34.9 Å². The van der Waals surface area contributed by atoms with Crippen molar-refractivity contribution in [3.63, 3.8) is 0 Å². The lowest BCUT2D eigenvalue weighted by molar-refractivity contribution is 0.0595. The predicted octanol–water partition coefficient (Wildman–Crippen LogP) is 3.12. The van der Waals surface area contributed by atoms with E-state index >= 15 is 0 Å². The quantitative estimate of drug-likeness (QED) is 0.575. The smallest absolute Gasteiger partial charge is 0.354 e. The van der Waals surface area contributed by atoms with Crippen molar-refractivity contribution < 1.29 is 19.4 Å². The normalized spacial score (nSPS) is 14.6. The van der Waals surface area contributed by atoms with E-state index in [4.69, 9.17) is 4.74 Å². The van der Waals surface area contributed by atoms with Crippen molar-refractivity contribution in [2.75, 3.05) is 20.3 Å². The third-order valence-electron chi connectivity index (χ3n) is 5.40. The number of amides is 1. The lowest BCUT2D eigenvalue weighted by Crippen LogP contribution is -2.31. The average Bonchev–Trinajstić information content (AvgIpc) is 3.40. The molecule has 1 amide bonds. The topological polar surface area (TPSA) is 91.4 Å². The maximum Gasteiger partial charge on any atom is 0.354 e. The number of aliphatic hydroxyl groups excluding tert-OH is 1. The second kappa shape index (κ2) is 7.13. The van der Waals surface area contributed by atoms with Crippen molar-refractivity contribution in [3.8, 4) is 11.1 Å². The van der Waals surface area contributed by atoms with E-state index in [0.29, 0.717) is 17.8 Å². The van der Waals surface area contributed by atoms with E-state index in [2.05, 4.69) is 10.3 Å². The van der Waals surface area contributed by atoms with Crippen LogP contribution in [0, 0.1) is 5.41 Å². The summed E-state index contributed by atoms with van der Waals surface area (Å²) in [6.45, 7) is 0.605. The molecular formula is C22H22N2O4. The van der Waals surface area contributed by atoms with Crippen molar-refractivity contribution in [2.24, 2.45) is 5.41 Å². The number of aromatic amines is 1. The molecule has 0 aliphatic heterocycles. The molecule has 6 nitrogen and oxygen atoms in total. The zero-order valence-corrected chi connectivity index (χ0v) is 15.6. The lowest BCUT2D eigenvalue weighted by atomic mass is 10.0. The Labute approximate surface area is 162 Å². The standard InChI is InChI=1S/C22H22N2O4/c1-28-21(27)19-11-16-6-5-15(10-18(16)24-19)14-3-2-4-17(9-14)20(26)23-12-22(13-25)7-8-22/h2-6,9-11,24-25H,7-8,12-13H2,1H3,(H,23,26). The average molecular weight is 378 g/mol. The number of rotatable bonds is 6. The molecule has 0 spiro atoms. The van der Waals surface area contributed by atoms with Crippen LogP contribution in [-0.4, -0.2) is 42.2 Å². The molecule has 0 saturated heterocycles. The molecule has 2 aromatic carbocycles. The highest BCUT2D eigenvalue weighted by atomic mass is 16.5. The summed E-state index contributed by atoms with van der Waals surface area (Å²) in [5.41, 5.74) is 3.53. The first-order chi connectivity index (χ1) is 13.5. The van der Waals surface area contributed by atoms with Crippen molar-refractivity contribution in [3.05, 3.63) is 59.8 Å². The van der Waals surface area contributed by atoms with Crippen LogP contribution in [0.5, 0.6) is 0 Å². The van der Waals surface area contributed by atoms with Gasteiger partial charge in [0.15, 0.2) is 0 Å². The Balaban J connectivity index is 1.56. The van der Waals surface area contributed by atoms with Crippen LogP contribution in [0.25, 0.3) is 22.0 Å². The number of esters is 1. The number of methoxy groups -OCH3 is 1. The molecule has 1 heterocycles. The molecule has 3 N–H and O–H groups in total. The van der Waals surface area contributed by atoms with Gasteiger partial charge in [-0.2, -0.15) is 0 Å². The predicted molar refractivity (Wildman–Crippen MR) is 106 cm³/mol. The monoisotopic (exact) mass is 378 g/mol. The van der Waals surface area contributed by atoms with Gasteiger partial charge in [0.25, 0.3) is 5.91 Å². The lowest BCUT2D eigenvalue weighted by Gasteiger charge is -2.13. The van der Waals surface area contributed by atoms with Gasteiger partial charge in [-0.15, -0.1) is 0 Å². The van der Waals surface area contributed by atoms with Crippen molar-refractivity contribution >= 4 is 22.8 Å². The second-order valence-corrected chi connectivity index (χ2v) is 7.40. The third kappa shape index (κ3) is 3.51. The molecule has 1 aliphatic rings. The molecule has 0 bridgehead atoms. The molecule has 0 atom stereocenters. The Morgan fingerprint density at radius 2 is 1.93 bits per heavy atom. The van der Waals surface area contributed by atoms with Gasteiger partial charge in [-0.25, -0.2) is 4.79 Å². The number of nitrogens with one attached hydrogen (secondary N) is 2. The summed E-state index contributed by atoms with van der Waals surface area (Å²) in [7, 11) is 1.35. The Kier molecular flexibility index (Phi) is 4.65. The zero-order valence-electron chi connectivity index (χ0n) is 15.6. The summed E-state index contributed by atoms with van der Waals surface area (Å²) < 4.78 is 4.75. The fourth-order valence-electron chi connectivity index (χ4n) is 3.30. The number of aromatic nitrogens is 1. The van der Waals surface area contributed by atoms with E-state index in [1.807, 2.05) is 36.4 Å². The van der Waals surface area contributed by atoms with Crippen molar-refractivity contribution in [1.29, 1.82) is 0 Å². The first-order valence-electron chi connectivity index (χ1n) is 9.24. The largest absolute Gasteiger partial charge is 0.464 e. The summed E-state index contributed by atoms with van der Waals surface area (Å²) in [6, 6.07) is 15.0. The zero-order chi connectivity index (χ0) is 19.7. The number of fused-ring (bicyclic) bond motifs is 1. The Morgan fingerprint density at radius 1 is 1.14 bits per heavy atom. The molecule has 28 heavy (non-hydrogen) atoms. The SMILES string of the molecule is COC(=O)c1cc2ccc(-c3cccc(C(=O)NCC4(CO)CC4)c3)cc2[nH]1. The van der Waals surface area contributed by atoms with E-state index in [-0.39, 0.29) is 17.9 Å². The van der Waals surface area contributed by atoms with Crippen LogP contribution >= 0.6 is 0 Å². The fraction of sp³-hybridized carbons (Fsp3) is 0.273. The minimum atomic E-state index is -0.410. The van der Waals surface area contributed by atoms with E-state index in [1.54, 1.807) is 12.1 Å². The van der Waals surface area contributed by atoms with Crippen LogP contribution in [0.1, 0.15) is 33.7 Å². The van der Waals surface area contributed by atoms with Crippen LogP contribution in [0.15, 0.2) is 48.5 Å². The molecule has 1 saturated carbocycles. The minimum absolute atomic E-state index is 0.108. The third-order valence-corrected chi connectivity index (χ3v) is 5.40. The van der Waals surface area contributed by atoms with Crippen LogP contribution in [-0.2, 0) is 4.74 Å². The minimum Gasteiger partial charge on any atom is -0.464 e. The molecule has 0 radical (unpaired) electrons. The number of H-pyrrole nitrogens is 1. The van der Waals surface area contributed by atoms with E-state index < -0.39 is 5.97 Å². The number of hydrogen-bond acceptors (Lipinski definition) is 4. The number of ether oxygens (including phenoxy) is 1. The maximum absolute atomic E-state index is 12.5. The summed E-state index contributed by atoms with van der Waals surface area (Å²) in [6.07, 6.45) is 1.90. The summed E-state index contributed by atoms with van der Waals surface area (Å²) in [5.74, 6) is -0.553. The number of benzene rings is 2. The Morgan fingerprint density at radius 3 is 2.64 bits per heavy atom. The van der Waals surface area contributed by atoms with Gasteiger partial charge in [0.2, 0.25) is 0 Å². The maximum atomic E-state index is 12.5. The fourth-order valence-corrected chi connectivity index (χ4v) is 3.30. The molecule has 4 rings (SSSR count). The highest BCUT2D eigenvalue weighted by Crippen LogP contribution is 2.44. The van der Waals surface area contributed by atoms with Crippen LogP contribution in [0.3, 0.4) is 0 Å². The molecule has 1 aromatic heterocycles. The van der Waals surface area contributed by atoms with Crippen molar-refractivity contribution in [1.82, 2.24) is 10.3 Å². The van der Waals surface area contributed by atoms with Gasteiger partial charge in [0.05, 0.1) is 13.7 Å². The number of hydrogen-bond donors (Lipinski definition) is 3. The van der Waals surface area contributed by atoms with Gasteiger partial charge in [0.1, 0.15) is 5.69 Å². The van der Waals surface area contributed by atoms with Gasteiger partial charge in [-0.1, -0.05) is 24.3 Å². The number of aliphatic hydroxyl groups is 1. The van der Waals surface area contributed by atoms with Gasteiger partial charge >= 0.3 is 5.97 Å². The highest BCUT2D eigenvalue weighted by Gasteiger charge is 2.42. The first kappa shape index (κ1) is 18.3. The number of carbonyl (C=O) groups is 2. The van der Waals surface area contributed by atoms with Crippen LogP contribution in [0.4, 0.5) is 0 Å². The first-order valence-corrected chi connectivity index (χ1v) is 9.24. The second-order valence-electron chi connectivity index (χ2n) is 7.40. The summed E-state index contributed by atoms with van der Waals surface area (Å²) in [4.78, 5) is 27.3. The van der Waals surface area contributed by atoms with Gasteiger partial charge in [0, 0.05) is 28.4 Å².